The van der Waals surface area contributed by atoms with Gasteiger partial charge in [0.1, 0.15) is 4.90 Å². The molecule has 1 saturated carbocycles. The first-order valence-electron chi connectivity index (χ1n) is 13.6. The SMILES string of the molecule is CC1(C)CC2CC(C)(CN2C(=O)COC(=O)c2ccc(Cl)c(S(=O)(=O)Nc3ccccc3N3CCOCC3)c2)C1. The zero-order valence-corrected chi connectivity index (χ0v) is 24.7. The minimum absolute atomic E-state index is 0.00713. The normalized spacial score (nSPS) is 24.1. The molecular formula is C29H36ClN3O6S. The minimum Gasteiger partial charge on any atom is -0.452 e. The smallest absolute Gasteiger partial charge is 0.338 e. The Balaban J connectivity index is 1.28. The van der Waals surface area contributed by atoms with E-state index in [2.05, 4.69) is 25.5 Å². The molecule has 1 N–H and O–H groups in total. The maximum absolute atomic E-state index is 13.4. The first-order valence-corrected chi connectivity index (χ1v) is 15.4. The van der Waals surface area contributed by atoms with Crippen LogP contribution < -0.4 is 9.62 Å². The number of morpholine rings is 1. The van der Waals surface area contributed by atoms with Gasteiger partial charge in [0.2, 0.25) is 0 Å². The van der Waals surface area contributed by atoms with Gasteiger partial charge in [-0.25, -0.2) is 13.2 Å². The number of esters is 1. The van der Waals surface area contributed by atoms with Crippen LogP contribution in [-0.2, 0) is 24.3 Å². The molecule has 2 unspecified atom stereocenters. The summed E-state index contributed by atoms with van der Waals surface area (Å²) in [5, 5.41) is -0.0378. The second kappa shape index (κ2) is 10.9. The van der Waals surface area contributed by atoms with Crippen molar-refractivity contribution in [3.63, 3.8) is 0 Å². The van der Waals surface area contributed by atoms with Crippen molar-refractivity contribution in [2.75, 3.05) is 49.1 Å². The summed E-state index contributed by atoms with van der Waals surface area (Å²) in [6.45, 7) is 9.29. The molecule has 1 amide bonds. The summed E-state index contributed by atoms with van der Waals surface area (Å²) in [5.41, 5.74) is 1.34. The molecule has 3 fully saturated rings. The van der Waals surface area contributed by atoms with E-state index in [0.717, 1.165) is 24.9 Å². The Bertz CT molecular complexity index is 1410. The number of rotatable bonds is 7. The highest BCUT2D eigenvalue weighted by Crippen LogP contribution is 2.52. The molecule has 2 aromatic carbocycles. The molecule has 2 aromatic rings. The number of carbonyl (C=O) groups excluding carboxylic acids is 2. The van der Waals surface area contributed by atoms with Crippen molar-refractivity contribution in [3.05, 3.63) is 53.1 Å². The third-order valence-electron chi connectivity index (χ3n) is 8.02. The first-order chi connectivity index (χ1) is 18.9. The molecule has 0 aromatic heterocycles. The van der Waals surface area contributed by atoms with E-state index >= 15 is 0 Å². The lowest BCUT2D eigenvalue weighted by molar-refractivity contribution is -0.135. The Morgan fingerprint density at radius 2 is 1.82 bits per heavy atom. The van der Waals surface area contributed by atoms with Crippen LogP contribution in [0.3, 0.4) is 0 Å². The molecule has 0 radical (unpaired) electrons. The van der Waals surface area contributed by atoms with Crippen LogP contribution in [0.2, 0.25) is 5.02 Å². The number of benzene rings is 2. The second-order valence-electron chi connectivity index (χ2n) is 12.2. The number of carbonyl (C=O) groups is 2. The number of halogens is 1. The molecule has 3 aliphatic rings. The summed E-state index contributed by atoms with van der Waals surface area (Å²) < 4.78 is 40.2. The van der Waals surface area contributed by atoms with E-state index < -0.39 is 22.6 Å². The largest absolute Gasteiger partial charge is 0.452 e. The molecule has 11 heteroatoms. The second-order valence-corrected chi connectivity index (χ2v) is 14.2. The molecule has 9 nitrogen and oxygen atoms in total. The summed E-state index contributed by atoms with van der Waals surface area (Å²) in [5.74, 6) is -1.02. The van der Waals surface area contributed by atoms with Crippen molar-refractivity contribution >= 4 is 44.9 Å². The molecule has 40 heavy (non-hydrogen) atoms. The number of nitrogens with one attached hydrogen (secondary N) is 1. The Labute approximate surface area is 240 Å². The van der Waals surface area contributed by atoms with Gasteiger partial charge in [0, 0.05) is 25.7 Å². The standard InChI is InChI=1S/C29H36ClN3O6S/c1-28(2)15-21-16-29(3,18-28)19-33(21)26(34)17-39-27(35)20-8-9-22(30)25(14-20)40(36,37)31-23-6-4-5-7-24(23)32-10-12-38-13-11-32/h4-9,14,21,31H,10-13,15-19H2,1-3H3. The van der Waals surface area contributed by atoms with Gasteiger partial charge in [0.15, 0.2) is 6.61 Å². The molecule has 2 aliphatic heterocycles. The first kappa shape index (κ1) is 28.7. The van der Waals surface area contributed by atoms with E-state index in [1.807, 2.05) is 21.9 Å². The predicted molar refractivity (Wildman–Crippen MR) is 153 cm³/mol. The van der Waals surface area contributed by atoms with Crippen molar-refractivity contribution in [3.8, 4) is 0 Å². The van der Waals surface area contributed by atoms with Gasteiger partial charge in [-0.15, -0.1) is 0 Å². The van der Waals surface area contributed by atoms with Crippen molar-refractivity contribution in [2.45, 2.75) is 51.0 Å². The van der Waals surface area contributed by atoms with Crippen LogP contribution in [0.5, 0.6) is 0 Å². The van der Waals surface area contributed by atoms with Gasteiger partial charge in [-0.2, -0.15) is 0 Å². The van der Waals surface area contributed by atoms with Crippen molar-refractivity contribution in [1.29, 1.82) is 0 Å². The van der Waals surface area contributed by atoms with E-state index in [0.29, 0.717) is 38.5 Å². The van der Waals surface area contributed by atoms with Gasteiger partial charge >= 0.3 is 5.97 Å². The lowest BCUT2D eigenvalue weighted by Gasteiger charge is -2.39. The summed E-state index contributed by atoms with van der Waals surface area (Å²) in [6.07, 6.45) is 2.92. The summed E-state index contributed by atoms with van der Waals surface area (Å²) in [4.78, 5) is 29.6. The minimum atomic E-state index is -4.16. The number of para-hydroxylation sites is 2. The molecule has 2 saturated heterocycles. The number of sulfonamides is 1. The highest BCUT2D eigenvalue weighted by Gasteiger charge is 2.51. The van der Waals surface area contributed by atoms with Crippen LogP contribution in [0.4, 0.5) is 11.4 Å². The van der Waals surface area contributed by atoms with E-state index in [1.165, 1.54) is 18.2 Å². The van der Waals surface area contributed by atoms with E-state index in [4.69, 9.17) is 21.1 Å². The summed E-state index contributed by atoms with van der Waals surface area (Å²) >= 11 is 6.28. The van der Waals surface area contributed by atoms with Gasteiger partial charge in [-0.05, 0) is 60.4 Å². The highest BCUT2D eigenvalue weighted by atomic mass is 35.5. The fourth-order valence-electron chi connectivity index (χ4n) is 6.72. The number of amides is 1. The number of ether oxygens (including phenoxy) is 2. The third kappa shape index (κ3) is 6.09. The van der Waals surface area contributed by atoms with Gasteiger partial charge in [-0.3, -0.25) is 9.52 Å². The lowest BCUT2D eigenvalue weighted by Crippen LogP contribution is -2.39. The zero-order chi connectivity index (χ0) is 28.7. The third-order valence-corrected chi connectivity index (χ3v) is 9.87. The van der Waals surface area contributed by atoms with E-state index in [-0.39, 0.29) is 38.3 Å². The maximum atomic E-state index is 13.4. The number of hydrogen-bond acceptors (Lipinski definition) is 7. The fourth-order valence-corrected chi connectivity index (χ4v) is 8.32. The van der Waals surface area contributed by atoms with E-state index in [1.54, 1.807) is 12.1 Å². The van der Waals surface area contributed by atoms with Crippen LogP contribution in [0, 0.1) is 10.8 Å². The zero-order valence-electron chi connectivity index (χ0n) is 23.1. The maximum Gasteiger partial charge on any atom is 0.338 e. The molecule has 5 rings (SSSR count). The fraction of sp³-hybridized carbons (Fsp3) is 0.517. The summed E-state index contributed by atoms with van der Waals surface area (Å²) in [7, 11) is -4.16. The molecule has 2 heterocycles. The van der Waals surface area contributed by atoms with Crippen LogP contribution in [0.25, 0.3) is 0 Å². The quantitative estimate of drug-likeness (QED) is 0.472. The Hall–Kier alpha value is -2.82. The number of fused-ring (bicyclic) bond motifs is 2. The van der Waals surface area contributed by atoms with Crippen molar-refractivity contribution in [2.24, 2.45) is 10.8 Å². The predicted octanol–water partition coefficient (Wildman–Crippen LogP) is 4.56. The monoisotopic (exact) mass is 589 g/mol. The Morgan fingerprint density at radius 1 is 1.10 bits per heavy atom. The van der Waals surface area contributed by atoms with Gasteiger partial charge in [0.25, 0.3) is 15.9 Å². The number of likely N-dealkylation sites (tertiary alicyclic amines) is 1. The van der Waals surface area contributed by atoms with Crippen molar-refractivity contribution in [1.82, 2.24) is 4.90 Å². The number of anilines is 2. The lowest BCUT2D eigenvalue weighted by atomic mass is 9.65. The number of nitrogens with zero attached hydrogens (tertiary/aromatic N) is 2. The molecule has 2 bridgehead atoms. The summed E-state index contributed by atoms with van der Waals surface area (Å²) in [6, 6.07) is 11.1. The van der Waals surface area contributed by atoms with Gasteiger partial charge in [0.05, 0.1) is 35.2 Å². The number of hydrogen-bond donors (Lipinski definition) is 1. The molecule has 216 valence electrons. The molecule has 1 aliphatic carbocycles. The topological polar surface area (TPSA) is 105 Å². The van der Waals surface area contributed by atoms with Gasteiger partial charge < -0.3 is 19.3 Å². The van der Waals surface area contributed by atoms with Gasteiger partial charge in [-0.1, -0.05) is 44.5 Å². The highest BCUT2D eigenvalue weighted by molar-refractivity contribution is 7.92. The molecular weight excluding hydrogens is 554 g/mol. The van der Waals surface area contributed by atoms with Crippen molar-refractivity contribution < 1.29 is 27.5 Å². The Kier molecular flexibility index (Phi) is 7.80. The van der Waals surface area contributed by atoms with Crippen LogP contribution in [0.1, 0.15) is 50.4 Å². The van der Waals surface area contributed by atoms with E-state index in [9.17, 15) is 18.0 Å². The molecule has 0 spiro atoms. The molecule has 2 atom stereocenters. The average molecular weight is 590 g/mol. The Morgan fingerprint density at radius 3 is 2.58 bits per heavy atom. The van der Waals surface area contributed by atoms with Crippen LogP contribution >= 0.6 is 11.6 Å². The van der Waals surface area contributed by atoms with Crippen LogP contribution in [-0.4, -0.2) is 70.7 Å². The average Bonchev–Trinajstić information content (AvgIpc) is 3.16. The van der Waals surface area contributed by atoms with Crippen LogP contribution in [0.15, 0.2) is 47.4 Å².